The summed E-state index contributed by atoms with van der Waals surface area (Å²) >= 11 is 11.6. The van der Waals surface area contributed by atoms with Gasteiger partial charge in [0.1, 0.15) is 5.75 Å². The van der Waals surface area contributed by atoms with Gasteiger partial charge in [0.05, 0.1) is 11.8 Å². The number of hydrogen-bond acceptors (Lipinski definition) is 5. The summed E-state index contributed by atoms with van der Waals surface area (Å²) in [6, 6.07) is 19.2. The Bertz CT molecular complexity index is 1150. The van der Waals surface area contributed by atoms with Crippen molar-refractivity contribution in [2.75, 3.05) is 5.32 Å². The molecule has 0 saturated carbocycles. The number of anilines is 1. The third-order valence-electron chi connectivity index (χ3n) is 3.82. The smallest absolute Gasteiger partial charge is 0.343 e. The number of hydrogen-bond donors (Lipinski definition) is 2. The first-order chi connectivity index (χ1) is 14.9. The van der Waals surface area contributed by atoms with Crippen LogP contribution >= 0.6 is 23.2 Å². The molecule has 2 N–H and O–H groups in total. The van der Waals surface area contributed by atoms with Crippen LogP contribution in [-0.4, -0.2) is 24.0 Å². The molecule has 0 unspecified atom stereocenters. The van der Waals surface area contributed by atoms with Gasteiger partial charge in [0.15, 0.2) is 0 Å². The second-order valence-electron chi connectivity index (χ2n) is 6.13. The Hall–Kier alpha value is -3.68. The summed E-state index contributed by atoms with van der Waals surface area (Å²) in [5.74, 6) is -2.11. The maximum absolute atomic E-state index is 12.2. The quantitative estimate of drug-likeness (QED) is 0.197. The van der Waals surface area contributed by atoms with Crippen LogP contribution in [0.25, 0.3) is 0 Å². The largest absolute Gasteiger partial charge is 0.423 e. The van der Waals surface area contributed by atoms with Crippen LogP contribution in [0.4, 0.5) is 5.69 Å². The van der Waals surface area contributed by atoms with Gasteiger partial charge in [-0.15, -0.1) is 0 Å². The van der Waals surface area contributed by atoms with Gasteiger partial charge in [0, 0.05) is 15.7 Å². The van der Waals surface area contributed by atoms with E-state index in [2.05, 4.69) is 15.8 Å². The molecule has 3 rings (SSSR count). The SMILES string of the molecule is O=C(N/N=C/c1cccc(OC(=O)c2ccc(Cl)cc2)c1)C(=O)Nc1cccc(Cl)c1. The predicted octanol–water partition coefficient (Wildman–Crippen LogP) is 4.30. The Morgan fingerprint density at radius 1 is 0.839 bits per heavy atom. The summed E-state index contributed by atoms with van der Waals surface area (Å²) in [7, 11) is 0. The summed E-state index contributed by atoms with van der Waals surface area (Å²) in [6.45, 7) is 0. The van der Waals surface area contributed by atoms with Gasteiger partial charge >= 0.3 is 17.8 Å². The zero-order valence-electron chi connectivity index (χ0n) is 15.8. The molecule has 3 aromatic rings. The predicted molar refractivity (Wildman–Crippen MR) is 119 cm³/mol. The summed E-state index contributed by atoms with van der Waals surface area (Å²) in [6.07, 6.45) is 1.31. The number of nitrogens with one attached hydrogen (secondary N) is 2. The molecule has 2 amide bonds. The fraction of sp³-hybridized carbons (Fsp3) is 0. The zero-order valence-corrected chi connectivity index (χ0v) is 17.4. The van der Waals surface area contributed by atoms with Crippen molar-refractivity contribution in [3.8, 4) is 5.75 Å². The molecule has 0 heterocycles. The van der Waals surface area contributed by atoms with Gasteiger partial charge in [0.25, 0.3) is 0 Å². The molecule has 0 aromatic heterocycles. The van der Waals surface area contributed by atoms with Crippen LogP contribution in [0.2, 0.25) is 10.0 Å². The van der Waals surface area contributed by atoms with E-state index in [4.69, 9.17) is 27.9 Å². The number of carbonyl (C=O) groups is 3. The van der Waals surface area contributed by atoms with Crippen molar-refractivity contribution < 1.29 is 19.1 Å². The molecule has 0 aliphatic rings. The molecular formula is C22H15Cl2N3O4. The van der Waals surface area contributed by atoms with E-state index in [0.29, 0.717) is 26.9 Å². The third-order valence-corrected chi connectivity index (χ3v) is 4.30. The van der Waals surface area contributed by atoms with E-state index >= 15 is 0 Å². The van der Waals surface area contributed by atoms with Crippen LogP contribution in [0.15, 0.2) is 77.9 Å². The second kappa shape index (κ2) is 10.4. The van der Waals surface area contributed by atoms with Crippen molar-refractivity contribution >= 4 is 52.9 Å². The van der Waals surface area contributed by atoms with E-state index < -0.39 is 17.8 Å². The van der Waals surface area contributed by atoms with E-state index in [9.17, 15) is 14.4 Å². The lowest BCUT2D eigenvalue weighted by Crippen LogP contribution is -2.32. The number of hydrazone groups is 1. The second-order valence-corrected chi connectivity index (χ2v) is 7.01. The lowest BCUT2D eigenvalue weighted by Gasteiger charge is -2.05. The van der Waals surface area contributed by atoms with E-state index in [1.807, 2.05) is 0 Å². The molecule has 31 heavy (non-hydrogen) atoms. The number of benzene rings is 3. The lowest BCUT2D eigenvalue weighted by molar-refractivity contribution is -0.136. The molecule has 0 atom stereocenters. The molecule has 156 valence electrons. The zero-order chi connectivity index (χ0) is 22.2. The van der Waals surface area contributed by atoms with Crippen LogP contribution in [0, 0.1) is 0 Å². The van der Waals surface area contributed by atoms with Crippen LogP contribution in [-0.2, 0) is 9.59 Å². The van der Waals surface area contributed by atoms with Gasteiger partial charge in [-0.1, -0.05) is 41.4 Å². The standard InChI is InChI=1S/C22H15Cl2N3O4/c23-16-9-7-15(8-10-16)22(30)31-19-6-1-3-14(11-19)13-25-27-21(29)20(28)26-18-5-2-4-17(24)12-18/h1-13H,(H,26,28)(H,27,29)/b25-13+. The van der Waals surface area contributed by atoms with Gasteiger partial charge in [-0.2, -0.15) is 5.10 Å². The first kappa shape index (κ1) is 22.0. The van der Waals surface area contributed by atoms with Crippen molar-refractivity contribution in [2.24, 2.45) is 5.10 Å². The van der Waals surface area contributed by atoms with E-state index in [1.165, 1.54) is 12.3 Å². The van der Waals surface area contributed by atoms with Crippen LogP contribution < -0.4 is 15.5 Å². The number of halogens is 2. The number of carbonyl (C=O) groups excluding carboxylic acids is 3. The lowest BCUT2D eigenvalue weighted by atomic mass is 10.2. The molecule has 0 radical (unpaired) electrons. The average Bonchev–Trinajstić information content (AvgIpc) is 2.74. The normalized spacial score (nSPS) is 10.5. The molecule has 0 spiro atoms. The minimum absolute atomic E-state index is 0.286. The number of nitrogens with zero attached hydrogens (tertiary/aromatic N) is 1. The highest BCUT2D eigenvalue weighted by Gasteiger charge is 2.13. The summed E-state index contributed by atoms with van der Waals surface area (Å²) in [4.78, 5) is 35.9. The van der Waals surface area contributed by atoms with E-state index in [1.54, 1.807) is 66.7 Å². The fourth-order valence-corrected chi connectivity index (χ4v) is 2.70. The first-order valence-corrected chi connectivity index (χ1v) is 9.64. The molecule has 0 saturated heterocycles. The molecule has 0 bridgehead atoms. The minimum atomic E-state index is -0.957. The molecule has 0 aliphatic carbocycles. The highest BCUT2D eigenvalue weighted by Crippen LogP contribution is 2.16. The highest BCUT2D eigenvalue weighted by molar-refractivity contribution is 6.39. The van der Waals surface area contributed by atoms with Crippen molar-refractivity contribution in [1.29, 1.82) is 0 Å². The monoisotopic (exact) mass is 455 g/mol. The Morgan fingerprint density at radius 3 is 2.32 bits per heavy atom. The molecule has 0 aliphatic heterocycles. The van der Waals surface area contributed by atoms with E-state index in [0.717, 1.165) is 0 Å². The van der Waals surface area contributed by atoms with E-state index in [-0.39, 0.29) is 5.75 Å². The third kappa shape index (κ3) is 6.67. The van der Waals surface area contributed by atoms with Gasteiger partial charge in [-0.05, 0) is 60.2 Å². The molecular weight excluding hydrogens is 441 g/mol. The van der Waals surface area contributed by atoms with Crippen molar-refractivity contribution in [2.45, 2.75) is 0 Å². The fourth-order valence-electron chi connectivity index (χ4n) is 2.38. The molecule has 7 nitrogen and oxygen atoms in total. The van der Waals surface area contributed by atoms with Gasteiger partial charge < -0.3 is 10.1 Å². The van der Waals surface area contributed by atoms with Crippen molar-refractivity contribution in [1.82, 2.24) is 5.43 Å². The summed E-state index contributed by atoms with van der Waals surface area (Å²) < 4.78 is 5.32. The van der Waals surface area contributed by atoms with Gasteiger partial charge in [-0.3, -0.25) is 9.59 Å². The minimum Gasteiger partial charge on any atom is -0.423 e. The Balaban J connectivity index is 1.56. The number of ether oxygens (including phenoxy) is 1. The maximum atomic E-state index is 12.2. The van der Waals surface area contributed by atoms with Crippen molar-refractivity contribution in [3.05, 3.63) is 94.0 Å². The van der Waals surface area contributed by atoms with Crippen LogP contribution in [0.3, 0.4) is 0 Å². The maximum Gasteiger partial charge on any atom is 0.343 e. The van der Waals surface area contributed by atoms with Gasteiger partial charge in [0.2, 0.25) is 0 Å². The van der Waals surface area contributed by atoms with Crippen molar-refractivity contribution in [3.63, 3.8) is 0 Å². The highest BCUT2D eigenvalue weighted by atomic mass is 35.5. The first-order valence-electron chi connectivity index (χ1n) is 8.88. The number of rotatable bonds is 5. The number of esters is 1. The Morgan fingerprint density at radius 2 is 1.58 bits per heavy atom. The summed E-state index contributed by atoms with van der Waals surface area (Å²) in [5, 5.41) is 7.09. The van der Waals surface area contributed by atoms with Crippen LogP contribution in [0.1, 0.15) is 15.9 Å². The molecule has 3 aromatic carbocycles. The average molecular weight is 456 g/mol. The van der Waals surface area contributed by atoms with Crippen LogP contribution in [0.5, 0.6) is 5.75 Å². The Kier molecular flexibility index (Phi) is 7.37. The molecule has 0 fully saturated rings. The molecule has 9 heteroatoms. The Labute approximate surface area is 187 Å². The summed E-state index contributed by atoms with van der Waals surface area (Å²) in [5.41, 5.74) is 3.39. The van der Waals surface area contributed by atoms with Gasteiger partial charge in [-0.25, -0.2) is 10.2 Å². The number of amides is 2. The topological polar surface area (TPSA) is 96.9 Å².